The van der Waals surface area contributed by atoms with E-state index in [4.69, 9.17) is 4.74 Å². The van der Waals surface area contributed by atoms with E-state index >= 15 is 0 Å². The number of H-pyrrole nitrogens is 1. The largest absolute Gasteiger partial charge is 0.497 e. The number of aryl methyl sites for hydroxylation is 2. The summed E-state index contributed by atoms with van der Waals surface area (Å²) < 4.78 is 8.15. The molecule has 40 heavy (non-hydrogen) atoms. The van der Waals surface area contributed by atoms with Crippen molar-refractivity contribution in [3.05, 3.63) is 82.4 Å². The number of carbonyl (C=O) groups excluding carboxylic acids is 2. The van der Waals surface area contributed by atoms with Crippen molar-refractivity contribution in [2.24, 2.45) is 5.92 Å². The molecule has 1 aliphatic rings. The first-order valence-electron chi connectivity index (χ1n) is 12.7. The number of amides is 2. The summed E-state index contributed by atoms with van der Waals surface area (Å²) in [5.74, 6) is 0.0739. The first-order valence-corrected chi connectivity index (χ1v) is 12.7. The van der Waals surface area contributed by atoms with Gasteiger partial charge in [-0.25, -0.2) is 4.68 Å². The van der Waals surface area contributed by atoms with Gasteiger partial charge in [0, 0.05) is 24.7 Å². The summed E-state index contributed by atoms with van der Waals surface area (Å²) in [6.07, 6.45) is 1.54. The minimum atomic E-state index is -0.574. The second-order valence-electron chi connectivity index (χ2n) is 9.70. The molecule has 0 saturated carbocycles. The maximum absolute atomic E-state index is 13.3. The predicted octanol–water partition coefficient (Wildman–Crippen LogP) is 2.91. The van der Waals surface area contributed by atoms with Crippen molar-refractivity contribution in [2.45, 2.75) is 20.3 Å². The third-order valence-electron chi connectivity index (χ3n) is 6.84. The first kappa shape index (κ1) is 25.0. The Balaban J connectivity index is 1.28. The van der Waals surface area contributed by atoms with Crippen LogP contribution in [0.5, 0.6) is 5.75 Å². The molecule has 202 valence electrons. The Morgan fingerprint density at radius 3 is 2.60 bits per heavy atom. The molecule has 1 fully saturated rings. The summed E-state index contributed by atoms with van der Waals surface area (Å²) in [6.45, 7) is 3.97. The lowest BCUT2D eigenvalue weighted by Gasteiger charge is -2.17. The average molecular weight is 539 g/mol. The van der Waals surface area contributed by atoms with Gasteiger partial charge in [-0.15, -0.1) is 0 Å². The van der Waals surface area contributed by atoms with E-state index in [1.807, 2.05) is 31.2 Å². The third-order valence-corrected chi connectivity index (χ3v) is 6.84. The molecule has 12 heteroatoms. The molecular formula is C28H26N8O4. The fourth-order valence-electron chi connectivity index (χ4n) is 4.83. The number of ether oxygens (including phenoxy) is 1. The molecule has 12 nitrogen and oxygen atoms in total. The highest BCUT2D eigenvalue weighted by Crippen LogP contribution is 2.28. The van der Waals surface area contributed by atoms with Crippen LogP contribution < -0.4 is 20.5 Å². The van der Waals surface area contributed by atoms with Gasteiger partial charge < -0.3 is 15.0 Å². The summed E-state index contributed by atoms with van der Waals surface area (Å²) in [5.41, 5.74) is 3.06. The van der Waals surface area contributed by atoms with Crippen LogP contribution >= 0.6 is 0 Å². The summed E-state index contributed by atoms with van der Waals surface area (Å²) in [4.78, 5) is 47.9. The second kappa shape index (κ2) is 9.80. The molecule has 2 amide bonds. The van der Waals surface area contributed by atoms with Gasteiger partial charge in [0.25, 0.3) is 5.56 Å². The number of anilines is 2. The van der Waals surface area contributed by atoms with Crippen LogP contribution in [0.4, 0.5) is 11.5 Å². The van der Waals surface area contributed by atoms with Crippen LogP contribution in [-0.2, 0) is 9.59 Å². The summed E-state index contributed by atoms with van der Waals surface area (Å²) in [6, 6.07) is 16.5. The molecule has 0 aliphatic carbocycles. The molecule has 0 bridgehead atoms. The SMILES string of the molecule is COc1ccc(N2CC(C(=O)Nc3cc(C)nn3-c3nc4c(cnn4-c4cccc(C)c4)c(=O)[nH]3)CC2=O)cc1. The molecule has 1 aliphatic heterocycles. The van der Waals surface area contributed by atoms with E-state index in [1.165, 1.54) is 10.9 Å². The highest BCUT2D eigenvalue weighted by atomic mass is 16.5. The number of carbonyl (C=O) groups is 2. The molecule has 0 radical (unpaired) electrons. The van der Waals surface area contributed by atoms with Crippen molar-refractivity contribution in [1.82, 2.24) is 29.5 Å². The molecule has 3 aromatic heterocycles. The van der Waals surface area contributed by atoms with Crippen LogP contribution in [0.15, 0.2) is 65.6 Å². The average Bonchev–Trinajstić information content (AvgIpc) is 3.65. The topological polar surface area (TPSA) is 140 Å². The Hall–Kier alpha value is -5.26. The number of methoxy groups -OCH3 is 1. The van der Waals surface area contributed by atoms with Crippen LogP contribution in [0, 0.1) is 19.8 Å². The fraction of sp³-hybridized carbons (Fsp3) is 0.214. The number of hydrogen-bond donors (Lipinski definition) is 2. The first-order chi connectivity index (χ1) is 19.3. The lowest BCUT2D eigenvalue weighted by molar-refractivity contribution is -0.122. The van der Waals surface area contributed by atoms with E-state index in [2.05, 4.69) is 25.5 Å². The molecule has 1 saturated heterocycles. The molecular weight excluding hydrogens is 512 g/mol. The van der Waals surface area contributed by atoms with Gasteiger partial charge in [-0.05, 0) is 55.8 Å². The van der Waals surface area contributed by atoms with Gasteiger partial charge in [-0.3, -0.25) is 19.4 Å². The summed E-state index contributed by atoms with van der Waals surface area (Å²) >= 11 is 0. The predicted molar refractivity (Wildman–Crippen MR) is 148 cm³/mol. The fourth-order valence-corrected chi connectivity index (χ4v) is 4.83. The van der Waals surface area contributed by atoms with Crippen LogP contribution in [0.2, 0.25) is 0 Å². The Kier molecular flexibility index (Phi) is 6.14. The van der Waals surface area contributed by atoms with Gasteiger partial charge in [0.1, 0.15) is 17.0 Å². The lowest BCUT2D eigenvalue weighted by Crippen LogP contribution is -2.28. The lowest BCUT2D eigenvalue weighted by atomic mass is 10.1. The quantitative estimate of drug-likeness (QED) is 0.339. The molecule has 6 rings (SSSR count). The van der Waals surface area contributed by atoms with Crippen LogP contribution in [-0.4, -0.2) is 55.0 Å². The number of aromatic nitrogens is 6. The van der Waals surface area contributed by atoms with Crippen molar-refractivity contribution >= 4 is 34.4 Å². The van der Waals surface area contributed by atoms with Crippen molar-refractivity contribution in [3.8, 4) is 17.4 Å². The second-order valence-corrected chi connectivity index (χ2v) is 9.70. The van der Waals surface area contributed by atoms with E-state index < -0.39 is 5.92 Å². The van der Waals surface area contributed by atoms with Gasteiger partial charge in [0.15, 0.2) is 5.65 Å². The summed E-state index contributed by atoms with van der Waals surface area (Å²) in [5, 5.41) is 12.0. The van der Waals surface area contributed by atoms with E-state index in [1.54, 1.807) is 53.9 Å². The minimum Gasteiger partial charge on any atom is -0.497 e. The zero-order chi connectivity index (χ0) is 28.0. The Morgan fingerprint density at radius 1 is 1.05 bits per heavy atom. The van der Waals surface area contributed by atoms with Gasteiger partial charge >= 0.3 is 0 Å². The van der Waals surface area contributed by atoms with Crippen LogP contribution in [0.25, 0.3) is 22.7 Å². The molecule has 1 unspecified atom stereocenters. The van der Waals surface area contributed by atoms with Gasteiger partial charge in [-0.1, -0.05) is 12.1 Å². The zero-order valence-electron chi connectivity index (χ0n) is 22.1. The van der Waals surface area contributed by atoms with Crippen molar-refractivity contribution < 1.29 is 14.3 Å². The number of nitrogens with zero attached hydrogens (tertiary/aromatic N) is 6. The number of aromatic amines is 1. The molecule has 0 spiro atoms. The molecule has 4 heterocycles. The Morgan fingerprint density at radius 2 is 1.85 bits per heavy atom. The third kappa shape index (κ3) is 4.49. The Labute approximate surface area is 228 Å². The highest BCUT2D eigenvalue weighted by Gasteiger charge is 2.35. The smallest absolute Gasteiger partial charge is 0.263 e. The van der Waals surface area contributed by atoms with Crippen molar-refractivity contribution in [3.63, 3.8) is 0 Å². The number of nitrogens with one attached hydrogen (secondary N) is 2. The van der Waals surface area contributed by atoms with Gasteiger partial charge in [0.05, 0.1) is 30.6 Å². The Bertz CT molecular complexity index is 1820. The molecule has 2 aromatic carbocycles. The van der Waals surface area contributed by atoms with Crippen molar-refractivity contribution in [1.29, 1.82) is 0 Å². The monoisotopic (exact) mass is 538 g/mol. The van der Waals surface area contributed by atoms with Gasteiger partial charge in [0.2, 0.25) is 17.8 Å². The number of fused-ring (bicyclic) bond motifs is 1. The van der Waals surface area contributed by atoms with Crippen molar-refractivity contribution in [2.75, 3.05) is 23.9 Å². The molecule has 2 N–H and O–H groups in total. The van der Waals surface area contributed by atoms with E-state index in [-0.39, 0.29) is 36.3 Å². The van der Waals surface area contributed by atoms with Crippen LogP contribution in [0.3, 0.4) is 0 Å². The minimum absolute atomic E-state index is 0.0711. The van der Waals surface area contributed by atoms with E-state index in [0.29, 0.717) is 34.0 Å². The maximum Gasteiger partial charge on any atom is 0.263 e. The maximum atomic E-state index is 13.3. The number of rotatable bonds is 6. The molecule has 1 atom stereocenters. The van der Waals surface area contributed by atoms with Crippen LogP contribution in [0.1, 0.15) is 17.7 Å². The summed E-state index contributed by atoms with van der Waals surface area (Å²) in [7, 11) is 1.57. The normalized spacial score (nSPS) is 15.1. The number of hydrogen-bond acceptors (Lipinski definition) is 7. The standard InChI is InChI=1S/C28H26N8O4/c1-16-5-4-6-20(11-16)35-25-22(14-29-35)27(39)32-28(31-25)36-23(12-17(2)33-36)30-26(38)18-13-24(37)34(15-18)19-7-9-21(40-3)10-8-19/h4-12,14,18H,13,15H2,1-3H3,(H,30,38)(H,31,32,39). The van der Waals surface area contributed by atoms with E-state index in [9.17, 15) is 14.4 Å². The molecule has 5 aromatic rings. The number of benzene rings is 2. The van der Waals surface area contributed by atoms with E-state index in [0.717, 1.165) is 11.3 Å². The zero-order valence-corrected chi connectivity index (χ0v) is 22.1. The highest BCUT2D eigenvalue weighted by molar-refractivity contribution is 6.03. The van der Waals surface area contributed by atoms with Gasteiger partial charge in [-0.2, -0.15) is 19.9 Å².